The van der Waals surface area contributed by atoms with E-state index in [2.05, 4.69) is 12.6 Å². The fourth-order valence-electron chi connectivity index (χ4n) is 3.92. The van der Waals surface area contributed by atoms with Crippen LogP contribution in [0.4, 0.5) is 26.3 Å². The first-order valence-electron chi connectivity index (χ1n) is 10.8. The Morgan fingerprint density at radius 1 is 0.710 bits per heavy atom. The monoisotopic (exact) mass is 482 g/mol. The maximum atomic E-state index is 13.1. The van der Waals surface area contributed by atoms with E-state index in [0.29, 0.717) is 25.7 Å². The highest BCUT2D eigenvalue weighted by Crippen LogP contribution is 2.44. The van der Waals surface area contributed by atoms with Gasteiger partial charge in [0.15, 0.2) is 11.2 Å². The van der Waals surface area contributed by atoms with Crippen LogP contribution in [0, 0.1) is 17.3 Å². The van der Waals surface area contributed by atoms with Crippen LogP contribution in [-0.2, 0) is 0 Å². The predicted molar refractivity (Wildman–Crippen MR) is 115 cm³/mol. The van der Waals surface area contributed by atoms with E-state index in [4.69, 9.17) is 0 Å². The van der Waals surface area contributed by atoms with Gasteiger partial charge < -0.3 is 10.2 Å². The molecule has 0 rings (SSSR count). The second kappa shape index (κ2) is 10.4. The van der Waals surface area contributed by atoms with E-state index in [0.717, 1.165) is 13.8 Å². The van der Waals surface area contributed by atoms with Crippen LogP contribution in [-0.4, -0.2) is 38.5 Å². The topological polar surface area (TPSA) is 40.5 Å². The lowest BCUT2D eigenvalue weighted by molar-refractivity contribution is -0.259. The molecule has 0 aliphatic carbocycles. The van der Waals surface area contributed by atoms with E-state index in [1.807, 2.05) is 20.8 Å². The largest absolute Gasteiger partial charge is 0.416 e. The van der Waals surface area contributed by atoms with Crippen LogP contribution < -0.4 is 0 Å². The van der Waals surface area contributed by atoms with Crippen LogP contribution >= 0.6 is 12.6 Å². The van der Waals surface area contributed by atoms with Crippen molar-refractivity contribution in [3.63, 3.8) is 0 Å². The Kier molecular flexibility index (Phi) is 10.4. The van der Waals surface area contributed by atoms with Crippen LogP contribution in [0.15, 0.2) is 0 Å². The summed E-state index contributed by atoms with van der Waals surface area (Å²) in [6.45, 7) is 10.8. The molecule has 0 radical (unpaired) electrons. The van der Waals surface area contributed by atoms with Crippen LogP contribution in [0.2, 0.25) is 0 Å². The lowest BCUT2D eigenvalue weighted by Gasteiger charge is -2.39. The smallest absolute Gasteiger partial charge is 0.381 e. The molecule has 0 amide bonds. The predicted octanol–water partition coefficient (Wildman–Crippen LogP) is 7.33. The molecular formula is C22H40F6O2S. The molecule has 5 unspecified atom stereocenters. The summed E-state index contributed by atoms with van der Waals surface area (Å²) in [6, 6.07) is 0. The van der Waals surface area contributed by atoms with Crippen LogP contribution in [0.3, 0.4) is 0 Å². The van der Waals surface area contributed by atoms with Gasteiger partial charge in [0.05, 0.1) is 0 Å². The molecule has 0 aromatic rings. The highest BCUT2D eigenvalue weighted by atomic mass is 32.1. The molecule has 0 bridgehead atoms. The second-order valence-electron chi connectivity index (χ2n) is 10.7. The zero-order valence-corrected chi connectivity index (χ0v) is 20.6. The molecule has 5 atom stereocenters. The molecule has 0 fully saturated rings. The summed E-state index contributed by atoms with van der Waals surface area (Å²) in [5.74, 6) is -0.602. The van der Waals surface area contributed by atoms with Gasteiger partial charge in [0.25, 0.3) is 0 Å². The minimum Gasteiger partial charge on any atom is -0.381 e. The van der Waals surface area contributed by atoms with Crippen molar-refractivity contribution >= 4 is 12.6 Å². The molecule has 0 saturated carbocycles. The first-order valence-corrected chi connectivity index (χ1v) is 11.2. The number of alkyl halides is 6. The third-order valence-corrected chi connectivity index (χ3v) is 7.27. The molecule has 2 N–H and O–H groups in total. The maximum Gasteiger partial charge on any atom is 0.416 e. The van der Waals surface area contributed by atoms with Gasteiger partial charge in [-0.05, 0) is 63.2 Å². The SMILES string of the molecule is CCC(CC(C)(O)C(F)(F)F)C(C)(S)CCCC(CCC(C)(O)C(F)(F)F)C(C)(C)C. The summed E-state index contributed by atoms with van der Waals surface area (Å²) in [6.07, 6.45) is -8.14. The number of hydrogen-bond donors (Lipinski definition) is 3. The Morgan fingerprint density at radius 2 is 1.16 bits per heavy atom. The first kappa shape index (κ1) is 30.9. The van der Waals surface area contributed by atoms with Crippen LogP contribution in [0.5, 0.6) is 0 Å². The number of aliphatic hydroxyl groups is 2. The van der Waals surface area contributed by atoms with E-state index in [9.17, 15) is 36.6 Å². The van der Waals surface area contributed by atoms with Gasteiger partial charge in [-0.25, -0.2) is 0 Å². The summed E-state index contributed by atoms with van der Waals surface area (Å²) >= 11 is 4.61. The number of halogens is 6. The number of rotatable bonds is 11. The maximum absolute atomic E-state index is 13.1. The van der Waals surface area contributed by atoms with Gasteiger partial charge in [0, 0.05) is 4.75 Å². The number of thiol groups is 1. The van der Waals surface area contributed by atoms with Gasteiger partial charge in [0.2, 0.25) is 0 Å². The van der Waals surface area contributed by atoms with Crippen molar-refractivity contribution < 1.29 is 36.6 Å². The third kappa shape index (κ3) is 9.32. The third-order valence-electron chi connectivity index (χ3n) is 6.68. The standard InChI is InChI=1S/C22H40F6O2S/c1-8-15(14-20(7,30)22(26,27)28)18(5,31)12-9-10-16(17(2,3)4)11-13-19(6,29)21(23,24)25/h15-16,29-31H,8-14H2,1-7H3. The summed E-state index contributed by atoms with van der Waals surface area (Å²) < 4.78 is 77.4. The van der Waals surface area contributed by atoms with Crippen molar-refractivity contribution in [3.8, 4) is 0 Å². The average molecular weight is 483 g/mol. The zero-order valence-electron chi connectivity index (χ0n) is 19.7. The summed E-state index contributed by atoms with van der Waals surface area (Å²) in [5.41, 5.74) is -5.86. The van der Waals surface area contributed by atoms with E-state index in [1.54, 1.807) is 13.8 Å². The fourth-order valence-corrected chi connectivity index (χ4v) is 4.35. The van der Waals surface area contributed by atoms with Crippen molar-refractivity contribution in [1.29, 1.82) is 0 Å². The quantitative estimate of drug-likeness (QED) is 0.213. The molecule has 0 spiro atoms. The van der Waals surface area contributed by atoms with E-state index < -0.39 is 47.1 Å². The Bertz CT molecular complexity index is 548. The van der Waals surface area contributed by atoms with Gasteiger partial charge >= 0.3 is 12.4 Å². The van der Waals surface area contributed by atoms with Crippen LogP contribution in [0.1, 0.15) is 93.4 Å². The number of hydrogen-bond acceptors (Lipinski definition) is 3. The normalized spacial score (nSPS) is 21.7. The highest BCUT2D eigenvalue weighted by molar-refractivity contribution is 7.81. The van der Waals surface area contributed by atoms with Crippen molar-refractivity contribution in [2.45, 2.75) is 122 Å². The highest BCUT2D eigenvalue weighted by Gasteiger charge is 2.52. The van der Waals surface area contributed by atoms with E-state index >= 15 is 0 Å². The zero-order chi connectivity index (χ0) is 25.1. The summed E-state index contributed by atoms with van der Waals surface area (Å²) in [7, 11) is 0. The second-order valence-corrected chi connectivity index (χ2v) is 11.7. The van der Waals surface area contributed by atoms with Gasteiger partial charge in [-0.2, -0.15) is 39.0 Å². The molecule has 188 valence electrons. The Balaban J connectivity index is 5.13. The van der Waals surface area contributed by atoms with Gasteiger partial charge in [-0.15, -0.1) is 0 Å². The van der Waals surface area contributed by atoms with Crippen molar-refractivity contribution in [3.05, 3.63) is 0 Å². The van der Waals surface area contributed by atoms with Gasteiger partial charge in [0.1, 0.15) is 0 Å². The van der Waals surface area contributed by atoms with E-state index in [1.165, 1.54) is 0 Å². The first-order chi connectivity index (χ1) is 13.5. The fraction of sp³-hybridized carbons (Fsp3) is 1.00. The van der Waals surface area contributed by atoms with Gasteiger partial charge in [-0.3, -0.25) is 0 Å². The molecule has 31 heavy (non-hydrogen) atoms. The molecule has 0 aliphatic rings. The Labute approximate surface area is 188 Å². The Morgan fingerprint density at radius 3 is 1.52 bits per heavy atom. The minimum absolute atomic E-state index is 0.108. The van der Waals surface area contributed by atoms with Crippen molar-refractivity contribution in [2.75, 3.05) is 0 Å². The molecule has 0 aromatic carbocycles. The minimum atomic E-state index is -4.74. The van der Waals surface area contributed by atoms with Crippen LogP contribution in [0.25, 0.3) is 0 Å². The molecule has 0 aliphatic heterocycles. The molecule has 9 heteroatoms. The lowest BCUT2D eigenvalue weighted by atomic mass is 9.72. The lowest BCUT2D eigenvalue weighted by Crippen LogP contribution is -2.46. The average Bonchev–Trinajstić information content (AvgIpc) is 2.52. The summed E-state index contributed by atoms with van der Waals surface area (Å²) in [5, 5.41) is 19.6. The Hall–Kier alpha value is -0.150. The van der Waals surface area contributed by atoms with Crippen molar-refractivity contribution in [2.24, 2.45) is 17.3 Å². The van der Waals surface area contributed by atoms with E-state index in [-0.39, 0.29) is 17.8 Å². The van der Waals surface area contributed by atoms with Gasteiger partial charge in [-0.1, -0.05) is 47.5 Å². The molecule has 0 heterocycles. The summed E-state index contributed by atoms with van der Waals surface area (Å²) in [4.78, 5) is 0. The molecule has 0 saturated heterocycles. The molecule has 0 aromatic heterocycles. The molecule has 2 nitrogen and oxygen atoms in total. The molecular weight excluding hydrogens is 442 g/mol. The van der Waals surface area contributed by atoms with Crippen molar-refractivity contribution in [1.82, 2.24) is 0 Å².